The van der Waals surface area contributed by atoms with Crippen LogP contribution in [0.3, 0.4) is 0 Å². The highest BCUT2D eigenvalue weighted by Crippen LogP contribution is 2.08. The third kappa shape index (κ3) is 4.96. The number of aliphatic hydroxyl groups is 1. The second kappa shape index (κ2) is 7.20. The second-order valence-corrected chi connectivity index (χ2v) is 4.73. The van der Waals surface area contributed by atoms with Crippen LogP contribution in [0.2, 0.25) is 0 Å². The van der Waals surface area contributed by atoms with E-state index in [-0.39, 0.29) is 0 Å². The van der Waals surface area contributed by atoms with Gasteiger partial charge in [-0.25, -0.2) is 0 Å². The third-order valence-corrected chi connectivity index (χ3v) is 3.36. The topological polar surface area (TPSA) is 26.7 Å². The van der Waals surface area contributed by atoms with Gasteiger partial charge < -0.3 is 10.0 Å². The zero-order valence-corrected chi connectivity index (χ0v) is 10.3. The molecule has 1 aliphatic rings. The van der Waals surface area contributed by atoms with Crippen molar-refractivity contribution < 1.29 is 5.11 Å². The summed E-state index contributed by atoms with van der Waals surface area (Å²) in [4.78, 5) is 4.95. The first-order valence-corrected chi connectivity index (χ1v) is 6.31. The summed E-state index contributed by atoms with van der Waals surface area (Å²) in [6.07, 6.45) is 2.52. The lowest BCUT2D eigenvalue weighted by atomic mass is 10.1. The number of nitrogens with zero attached hydrogens (tertiary/aromatic N) is 2. The van der Waals surface area contributed by atoms with Crippen LogP contribution < -0.4 is 0 Å². The molecular formula is C12H26N2O. The molecule has 0 saturated carbocycles. The van der Waals surface area contributed by atoms with E-state index < -0.39 is 0 Å². The monoisotopic (exact) mass is 214 g/mol. The van der Waals surface area contributed by atoms with E-state index >= 15 is 0 Å². The van der Waals surface area contributed by atoms with Gasteiger partial charge in [-0.3, -0.25) is 4.90 Å². The number of hydrogen-bond donors (Lipinski definition) is 1. The summed E-state index contributed by atoms with van der Waals surface area (Å²) in [7, 11) is 0. The summed E-state index contributed by atoms with van der Waals surface area (Å²) < 4.78 is 0. The Morgan fingerprint density at radius 2 is 1.80 bits per heavy atom. The summed E-state index contributed by atoms with van der Waals surface area (Å²) in [6.45, 7) is 11.6. The van der Waals surface area contributed by atoms with Crippen molar-refractivity contribution in [3.05, 3.63) is 0 Å². The molecule has 0 bridgehead atoms. The van der Waals surface area contributed by atoms with Gasteiger partial charge in [-0.2, -0.15) is 0 Å². The zero-order chi connectivity index (χ0) is 11.1. The number of rotatable bonds is 5. The molecular weight excluding hydrogens is 188 g/mol. The summed E-state index contributed by atoms with van der Waals surface area (Å²) in [5, 5.41) is 8.90. The molecule has 1 saturated heterocycles. The Hall–Kier alpha value is -0.120. The van der Waals surface area contributed by atoms with E-state index in [9.17, 15) is 0 Å². The molecule has 1 fully saturated rings. The minimum Gasteiger partial charge on any atom is -0.395 e. The molecule has 1 heterocycles. The van der Waals surface area contributed by atoms with Gasteiger partial charge in [-0.05, 0) is 25.4 Å². The predicted molar refractivity (Wildman–Crippen MR) is 64.0 cm³/mol. The van der Waals surface area contributed by atoms with Gasteiger partial charge >= 0.3 is 0 Å². The molecule has 0 aromatic heterocycles. The highest BCUT2D eigenvalue weighted by Gasteiger charge is 2.15. The molecule has 0 aromatic carbocycles. The molecule has 15 heavy (non-hydrogen) atoms. The molecule has 1 N–H and O–H groups in total. The standard InChI is InChI=1S/C12H26N2O/c1-3-12(2)11-14-6-4-5-13(7-8-14)9-10-15/h12,15H,3-11H2,1-2H3. The van der Waals surface area contributed by atoms with Crippen molar-refractivity contribution in [1.82, 2.24) is 9.80 Å². The van der Waals surface area contributed by atoms with Crippen LogP contribution in [-0.4, -0.2) is 60.8 Å². The first-order chi connectivity index (χ1) is 7.26. The van der Waals surface area contributed by atoms with Crippen LogP contribution >= 0.6 is 0 Å². The van der Waals surface area contributed by atoms with E-state index in [1.165, 1.54) is 32.5 Å². The fraction of sp³-hybridized carbons (Fsp3) is 1.00. The number of hydrogen-bond acceptors (Lipinski definition) is 3. The van der Waals surface area contributed by atoms with Crippen LogP contribution in [0, 0.1) is 5.92 Å². The molecule has 3 heteroatoms. The van der Waals surface area contributed by atoms with Crippen molar-refractivity contribution >= 4 is 0 Å². The van der Waals surface area contributed by atoms with Gasteiger partial charge in [0.2, 0.25) is 0 Å². The van der Waals surface area contributed by atoms with Crippen LogP contribution in [0.4, 0.5) is 0 Å². The lowest BCUT2D eigenvalue weighted by molar-refractivity contribution is 0.192. The minimum atomic E-state index is 0.297. The van der Waals surface area contributed by atoms with E-state index in [2.05, 4.69) is 23.6 Å². The average Bonchev–Trinajstić information content (AvgIpc) is 2.45. The van der Waals surface area contributed by atoms with Crippen molar-refractivity contribution in [2.45, 2.75) is 26.7 Å². The van der Waals surface area contributed by atoms with Crippen molar-refractivity contribution in [2.75, 3.05) is 45.9 Å². The number of β-amino-alcohol motifs (C(OH)–C–C–N with tert-alkyl or cyclic N) is 1. The second-order valence-electron chi connectivity index (χ2n) is 4.73. The average molecular weight is 214 g/mol. The fourth-order valence-corrected chi connectivity index (χ4v) is 2.14. The first kappa shape index (κ1) is 12.9. The molecule has 0 amide bonds. The van der Waals surface area contributed by atoms with E-state index in [0.717, 1.165) is 25.6 Å². The maximum atomic E-state index is 8.90. The molecule has 0 spiro atoms. The quantitative estimate of drug-likeness (QED) is 0.740. The van der Waals surface area contributed by atoms with Crippen molar-refractivity contribution in [2.24, 2.45) is 5.92 Å². The Labute approximate surface area is 94.1 Å². The lowest BCUT2D eigenvalue weighted by Gasteiger charge is -2.23. The van der Waals surface area contributed by atoms with Crippen molar-refractivity contribution in [3.63, 3.8) is 0 Å². The highest BCUT2D eigenvalue weighted by molar-refractivity contribution is 4.70. The van der Waals surface area contributed by atoms with Gasteiger partial charge in [0.1, 0.15) is 0 Å². The Balaban J connectivity index is 2.26. The van der Waals surface area contributed by atoms with Gasteiger partial charge in [0.25, 0.3) is 0 Å². The van der Waals surface area contributed by atoms with Gasteiger partial charge in [-0.15, -0.1) is 0 Å². The Bertz CT molecular complexity index is 164. The Morgan fingerprint density at radius 1 is 1.13 bits per heavy atom. The Morgan fingerprint density at radius 3 is 2.47 bits per heavy atom. The molecule has 90 valence electrons. The largest absolute Gasteiger partial charge is 0.395 e. The minimum absolute atomic E-state index is 0.297. The summed E-state index contributed by atoms with van der Waals surface area (Å²) in [5.74, 6) is 0.814. The zero-order valence-electron chi connectivity index (χ0n) is 10.3. The van der Waals surface area contributed by atoms with Crippen LogP contribution in [0.5, 0.6) is 0 Å². The molecule has 0 aliphatic carbocycles. The smallest absolute Gasteiger partial charge is 0.0558 e. The molecule has 1 rings (SSSR count). The molecule has 0 radical (unpaired) electrons. The SMILES string of the molecule is CCC(C)CN1CCCN(CCO)CC1. The summed E-state index contributed by atoms with van der Waals surface area (Å²) in [5.41, 5.74) is 0. The maximum Gasteiger partial charge on any atom is 0.0558 e. The van der Waals surface area contributed by atoms with Gasteiger partial charge in [0.05, 0.1) is 6.61 Å². The third-order valence-electron chi connectivity index (χ3n) is 3.36. The predicted octanol–water partition coefficient (Wildman–Crippen LogP) is 1.03. The maximum absolute atomic E-state index is 8.90. The van der Waals surface area contributed by atoms with Gasteiger partial charge in [0.15, 0.2) is 0 Å². The van der Waals surface area contributed by atoms with Crippen LogP contribution in [0.25, 0.3) is 0 Å². The van der Waals surface area contributed by atoms with Gasteiger partial charge in [-0.1, -0.05) is 20.3 Å². The van der Waals surface area contributed by atoms with E-state index in [1.807, 2.05) is 0 Å². The lowest BCUT2D eigenvalue weighted by Crippen LogP contribution is -2.34. The molecule has 1 atom stereocenters. The highest BCUT2D eigenvalue weighted by atomic mass is 16.3. The van der Waals surface area contributed by atoms with Crippen LogP contribution in [0.1, 0.15) is 26.7 Å². The molecule has 0 aromatic rings. The first-order valence-electron chi connectivity index (χ1n) is 6.31. The van der Waals surface area contributed by atoms with E-state index in [1.54, 1.807) is 0 Å². The van der Waals surface area contributed by atoms with Crippen LogP contribution in [-0.2, 0) is 0 Å². The molecule has 3 nitrogen and oxygen atoms in total. The summed E-state index contributed by atoms with van der Waals surface area (Å²) >= 11 is 0. The normalized spacial score (nSPS) is 22.6. The van der Waals surface area contributed by atoms with E-state index in [4.69, 9.17) is 5.11 Å². The summed E-state index contributed by atoms with van der Waals surface area (Å²) in [6, 6.07) is 0. The number of aliphatic hydroxyl groups excluding tert-OH is 1. The molecule has 1 aliphatic heterocycles. The van der Waals surface area contributed by atoms with Crippen molar-refractivity contribution in [3.8, 4) is 0 Å². The fourth-order valence-electron chi connectivity index (χ4n) is 2.14. The Kier molecular flexibility index (Phi) is 6.22. The van der Waals surface area contributed by atoms with Gasteiger partial charge in [0, 0.05) is 26.2 Å². The van der Waals surface area contributed by atoms with E-state index in [0.29, 0.717) is 6.61 Å². The van der Waals surface area contributed by atoms with Crippen molar-refractivity contribution in [1.29, 1.82) is 0 Å². The van der Waals surface area contributed by atoms with Crippen LogP contribution in [0.15, 0.2) is 0 Å². The molecule has 1 unspecified atom stereocenters.